The number of rotatable bonds is 6. The van der Waals surface area contributed by atoms with Crippen LogP contribution in [-0.4, -0.2) is 55.5 Å². The predicted molar refractivity (Wildman–Crippen MR) is 84.6 cm³/mol. The summed E-state index contributed by atoms with van der Waals surface area (Å²) in [6, 6.07) is 8.19. The zero-order valence-corrected chi connectivity index (χ0v) is 13.2. The minimum atomic E-state index is 0.307. The highest BCUT2D eigenvalue weighted by molar-refractivity contribution is 5.76. The number of benzene rings is 1. The first kappa shape index (κ1) is 15.8. The minimum absolute atomic E-state index is 0.307. The highest BCUT2D eigenvalue weighted by Gasteiger charge is 2.20. The molecule has 1 aromatic carbocycles. The van der Waals surface area contributed by atoms with Crippen molar-refractivity contribution in [3.8, 4) is 5.75 Å². The molecule has 0 atom stereocenters. The predicted octanol–water partition coefficient (Wildman–Crippen LogP) is 2.18. The molecule has 1 amide bonds. The van der Waals surface area contributed by atoms with Crippen LogP contribution in [0.4, 0.5) is 0 Å². The first-order valence-electron chi connectivity index (χ1n) is 7.86. The number of piperazine rings is 1. The maximum atomic E-state index is 11.9. The van der Waals surface area contributed by atoms with Gasteiger partial charge in [0.05, 0.1) is 7.11 Å². The Labute approximate surface area is 127 Å². The van der Waals surface area contributed by atoms with Crippen molar-refractivity contribution in [2.45, 2.75) is 26.2 Å². The topological polar surface area (TPSA) is 32.8 Å². The molecule has 1 fully saturated rings. The molecule has 116 valence electrons. The number of carbonyl (C=O) groups is 1. The van der Waals surface area contributed by atoms with Gasteiger partial charge in [-0.1, -0.05) is 25.1 Å². The van der Waals surface area contributed by atoms with Gasteiger partial charge in [-0.3, -0.25) is 9.69 Å². The van der Waals surface area contributed by atoms with Crippen LogP contribution in [0.2, 0.25) is 0 Å². The Hall–Kier alpha value is -1.55. The molecule has 0 spiro atoms. The van der Waals surface area contributed by atoms with Crippen LogP contribution >= 0.6 is 0 Å². The molecule has 1 aliphatic heterocycles. The second kappa shape index (κ2) is 8.03. The maximum absolute atomic E-state index is 11.9. The lowest BCUT2D eigenvalue weighted by Gasteiger charge is -2.34. The number of ether oxygens (including phenoxy) is 1. The Balaban J connectivity index is 1.77. The zero-order chi connectivity index (χ0) is 15.1. The summed E-state index contributed by atoms with van der Waals surface area (Å²) < 4.78 is 5.39. The normalized spacial score (nSPS) is 16.0. The number of methoxy groups -OCH3 is 1. The molecule has 1 heterocycles. The van der Waals surface area contributed by atoms with Gasteiger partial charge in [0, 0.05) is 39.1 Å². The average molecular weight is 290 g/mol. The molecule has 0 N–H and O–H groups in total. The van der Waals surface area contributed by atoms with Crippen LogP contribution in [0.5, 0.6) is 5.75 Å². The number of carbonyl (C=O) groups excluding carboxylic acids is 1. The van der Waals surface area contributed by atoms with E-state index in [4.69, 9.17) is 4.74 Å². The number of hydrogen-bond acceptors (Lipinski definition) is 3. The highest BCUT2D eigenvalue weighted by Crippen LogP contribution is 2.18. The molecule has 1 aromatic rings. The second-order valence-corrected chi connectivity index (χ2v) is 5.53. The molecule has 1 saturated heterocycles. The van der Waals surface area contributed by atoms with Gasteiger partial charge in [-0.2, -0.15) is 0 Å². The quantitative estimate of drug-likeness (QED) is 0.805. The minimum Gasteiger partial charge on any atom is -0.496 e. The summed E-state index contributed by atoms with van der Waals surface area (Å²) in [7, 11) is 1.72. The van der Waals surface area contributed by atoms with E-state index >= 15 is 0 Å². The van der Waals surface area contributed by atoms with Gasteiger partial charge >= 0.3 is 0 Å². The van der Waals surface area contributed by atoms with Crippen LogP contribution < -0.4 is 4.74 Å². The molecule has 0 unspecified atom stereocenters. The van der Waals surface area contributed by atoms with Gasteiger partial charge in [-0.15, -0.1) is 0 Å². The van der Waals surface area contributed by atoms with Crippen molar-refractivity contribution in [3.05, 3.63) is 29.8 Å². The molecule has 0 radical (unpaired) electrons. The lowest BCUT2D eigenvalue weighted by atomic mass is 10.1. The largest absolute Gasteiger partial charge is 0.496 e. The average Bonchev–Trinajstić information content (AvgIpc) is 2.54. The van der Waals surface area contributed by atoms with Crippen LogP contribution in [0.1, 0.15) is 25.3 Å². The standard InChI is InChI=1S/C17H26N2O2/c1-3-6-17(20)19-13-11-18(12-14-19)10-9-15-7-4-5-8-16(15)21-2/h4-5,7-8H,3,6,9-14H2,1-2H3. The molecule has 21 heavy (non-hydrogen) atoms. The van der Waals surface area contributed by atoms with Gasteiger partial charge in [-0.25, -0.2) is 0 Å². The highest BCUT2D eigenvalue weighted by atomic mass is 16.5. The fourth-order valence-electron chi connectivity index (χ4n) is 2.78. The third-order valence-corrected chi connectivity index (χ3v) is 4.08. The van der Waals surface area contributed by atoms with Gasteiger partial charge in [-0.05, 0) is 24.5 Å². The van der Waals surface area contributed by atoms with E-state index in [0.29, 0.717) is 12.3 Å². The lowest BCUT2D eigenvalue weighted by Crippen LogP contribution is -2.49. The summed E-state index contributed by atoms with van der Waals surface area (Å²) in [6.07, 6.45) is 2.61. The summed E-state index contributed by atoms with van der Waals surface area (Å²) >= 11 is 0. The van der Waals surface area contributed by atoms with Crippen molar-refractivity contribution < 1.29 is 9.53 Å². The Morgan fingerprint density at radius 3 is 2.57 bits per heavy atom. The van der Waals surface area contributed by atoms with Crippen LogP contribution in [0.3, 0.4) is 0 Å². The van der Waals surface area contributed by atoms with Gasteiger partial charge < -0.3 is 9.64 Å². The molecule has 0 bridgehead atoms. The van der Waals surface area contributed by atoms with Crippen LogP contribution in [-0.2, 0) is 11.2 Å². The molecule has 4 nitrogen and oxygen atoms in total. The Morgan fingerprint density at radius 2 is 1.90 bits per heavy atom. The number of nitrogens with zero attached hydrogens (tertiary/aromatic N) is 2. The van der Waals surface area contributed by atoms with Gasteiger partial charge in [0.1, 0.15) is 5.75 Å². The first-order valence-corrected chi connectivity index (χ1v) is 7.86. The van der Waals surface area contributed by atoms with E-state index in [0.717, 1.165) is 51.3 Å². The van der Waals surface area contributed by atoms with E-state index in [1.165, 1.54) is 5.56 Å². The van der Waals surface area contributed by atoms with E-state index in [1.54, 1.807) is 7.11 Å². The van der Waals surface area contributed by atoms with Crippen molar-refractivity contribution in [3.63, 3.8) is 0 Å². The smallest absolute Gasteiger partial charge is 0.222 e. The molecule has 0 aromatic heterocycles. The van der Waals surface area contributed by atoms with Gasteiger partial charge in [0.15, 0.2) is 0 Å². The maximum Gasteiger partial charge on any atom is 0.222 e. The fraction of sp³-hybridized carbons (Fsp3) is 0.588. The van der Waals surface area contributed by atoms with Crippen molar-refractivity contribution in [1.29, 1.82) is 0 Å². The SMILES string of the molecule is CCCC(=O)N1CCN(CCc2ccccc2OC)CC1. The molecule has 0 saturated carbocycles. The van der Waals surface area contributed by atoms with E-state index in [1.807, 2.05) is 17.0 Å². The number of amides is 1. The van der Waals surface area contributed by atoms with Crippen LogP contribution in [0.15, 0.2) is 24.3 Å². The van der Waals surface area contributed by atoms with E-state index < -0.39 is 0 Å². The van der Waals surface area contributed by atoms with E-state index in [2.05, 4.69) is 24.0 Å². The molecule has 0 aliphatic carbocycles. The third kappa shape index (κ3) is 4.46. The second-order valence-electron chi connectivity index (χ2n) is 5.53. The molecule has 4 heteroatoms. The monoisotopic (exact) mass is 290 g/mol. The van der Waals surface area contributed by atoms with Gasteiger partial charge in [0.25, 0.3) is 0 Å². The number of para-hydroxylation sites is 1. The van der Waals surface area contributed by atoms with Crippen molar-refractivity contribution in [2.24, 2.45) is 0 Å². The summed E-state index contributed by atoms with van der Waals surface area (Å²) in [6.45, 7) is 6.77. The van der Waals surface area contributed by atoms with Gasteiger partial charge in [0.2, 0.25) is 5.91 Å². The number of hydrogen-bond donors (Lipinski definition) is 0. The van der Waals surface area contributed by atoms with E-state index in [9.17, 15) is 4.79 Å². The summed E-state index contributed by atoms with van der Waals surface area (Å²) in [4.78, 5) is 16.3. The van der Waals surface area contributed by atoms with E-state index in [-0.39, 0.29) is 0 Å². The fourth-order valence-corrected chi connectivity index (χ4v) is 2.78. The molecule has 2 rings (SSSR count). The Bertz CT molecular complexity index is 454. The summed E-state index contributed by atoms with van der Waals surface area (Å²) in [5, 5.41) is 0. The van der Waals surface area contributed by atoms with Crippen molar-refractivity contribution in [1.82, 2.24) is 9.80 Å². The first-order chi connectivity index (χ1) is 10.2. The Morgan fingerprint density at radius 1 is 1.19 bits per heavy atom. The zero-order valence-electron chi connectivity index (χ0n) is 13.2. The van der Waals surface area contributed by atoms with Crippen molar-refractivity contribution >= 4 is 5.91 Å². The van der Waals surface area contributed by atoms with Crippen molar-refractivity contribution in [2.75, 3.05) is 39.8 Å². The molecular weight excluding hydrogens is 264 g/mol. The summed E-state index contributed by atoms with van der Waals surface area (Å²) in [5.74, 6) is 1.27. The molecule has 1 aliphatic rings. The lowest BCUT2D eigenvalue weighted by molar-refractivity contribution is -0.132. The summed E-state index contributed by atoms with van der Waals surface area (Å²) in [5.41, 5.74) is 1.25. The van der Waals surface area contributed by atoms with Crippen LogP contribution in [0, 0.1) is 0 Å². The third-order valence-electron chi connectivity index (χ3n) is 4.08. The molecular formula is C17H26N2O2. The van der Waals surface area contributed by atoms with Crippen LogP contribution in [0.25, 0.3) is 0 Å². The Kier molecular flexibility index (Phi) is 6.05.